The van der Waals surface area contributed by atoms with E-state index in [1.807, 2.05) is 12.1 Å². The molecule has 0 bridgehead atoms. The number of carboxylic acid groups (broad SMARTS) is 1. The van der Waals surface area contributed by atoms with Gasteiger partial charge in [-0.2, -0.15) is 0 Å². The second-order valence-corrected chi connectivity index (χ2v) is 7.14. The molecule has 0 fully saturated rings. The molecule has 116 valence electrons. The summed E-state index contributed by atoms with van der Waals surface area (Å²) in [4.78, 5) is 22.9. The predicted molar refractivity (Wildman–Crippen MR) is 84.5 cm³/mol. The van der Waals surface area contributed by atoms with E-state index in [2.05, 4.69) is 21.2 Å². The topological polar surface area (TPSA) is 83.5 Å². The molecule has 0 heterocycles. The number of hydrogen-bond acceptors (Lipinski definition) is 3. The molecular formula is C14H18BrNO4S. The van der Waals surface area contributed by atoms with E-state index in [4.69, 9.17) is 5.11 Å². The minimum absolute atomic E-state index is 0.115. The maximum Gasteiger partial charge on any atom is 0.308 e. The van der Waals surface area contributed by atoms with Gasteiger partial charge in [0.1, 0.15) is 0 Å². The van der Waals surface area contributed by atoms with E-state index in [1.54, 1.807) is 12.1 Å². The van der Waals surface area contributed by atoms with Gasteiger partial charge in [0.2, 0.25) is 5.91 Å². The third-order valence-electron chi connectivity index (χ3n) is 2.84. The van der Waals surface area contributed by atoms with Gasteiger partial charge in [0, 0.05) is 28.1 Å². The highest BCUT2D eigenvalue weighted by Gasteiger charge is 2.12. The second-order valence-electron chi connectivity index (χ2n) is 4.65. The molecule has 21 heavy (non-hydrogen) atoms. The molecule has 0 saturated heterocycles. The maximum atomic E-state index is 12.0. The molecule has 2 N–H and O–H groups in total. The van der Waals surface area contributed by atoms with E-state index in [1.165, 1.54) is 6.92 Å². The van der Waals surface area contributed by atoms with Crippen LogP contribution in [0.1, 0.15) is 19.8 Å². The van der Waals surface area contributed by atoms with Gasteiger partial charge in [0.05, 0.1) is 16.7 Å². The average molecular weight is 376 g/mol. The summed E-state index contributed by atoms with van der Waals surface area (Å²) in [6, 6.07) is 7.23. The highest BCUT2D eigenvalue weighted by molar-refractivity contribution is 9.10. The van der Waals surface area contributed by atoms with Crippen LogP contribution in [0.4, 0.5) is 0 Å². The summed E-state index contributed by atoms with van der Waals surface area (Å²) in [5.74, 6) is -1.35. The van der Waals surface area contributed by atoms with Crippen molar-refractivity contribution in [3.63, 3.8) is 0 Å². The number of benzene rings is 1. The Morgan fingerprint density at radius 1 is 1.33 bits per heavy atom. The van der Waals surface area contributed by atoms with Crippen LogP contribution in [0.5, 0.6) is 0 Å². The number of rotatable bonds is 8. The molecule has 0 aliphatic rings. The summed E-state index contributed by atoms with van der Waals surface area (Å²) in [7, 11) is -1.12. The van der Waals surface area contributed by atoms with Crippen LogP contribution in [0, 0.1) is 5.92 Å². The molecule has 1 aromatic rings. The Morgan fingerprint density at radius 2 is 1.95 bits per heavy atom. The van der Waals surface area contributed by atoms with Crippen LogP contribution in [-0.2, 0) is 20.4 Å². The molecule has 1 amide bonds. The standard InChI is InChI=1S/C14H18BrNO4S/c1-10(14(18)19)9-16-13(17)3-2-8-21(20)12-6-4-11(15)5-7-12/h4-7,10H,2-3,8-9H2,1H3,(H,16,17)(H,18,19). The van der Waals surface area contributed by atoms with Gasteiger partial charge >= 0.3 is 5.97 Å². The van der Waals surface area contributed by atoms with Crippen molar-refractivity contribution in [2.75, 3.05) is 12.3 Å². The summed E-state index contributed by atoms with van der Waals surface area (Å²) < 4.78 is 12.9. The largest absolute Gasteiger partial charge is 0.481 e. The summed E-state index contributed by atoms with van der Waals surface area (Å²) in [5, 5.41) is 11.3. The zero-order valence-electron chi connectivity index (χ0n) is 11.7. The van der Waals surface area contributed by atoms with E-state index in [-0.39, 0.29) is 18.9 Å². The van der Waals surface area contributed by atoms with Crippen molar-refractivity contribution < 1.29 is 18.9 Å². The quantitative estimate of drug-likeness (QED) is 0.729. The Morgan fingerprint density at radius 3 is 2.52 bits per heavy atom. The van der Waals surface area contributed by atoms with Gasteiger partial charge in [-0.25, -0.2) is 0 Å². The summed E-state index contributed by atoms with van der Waals surface area (Å²) >= 11 is 3.31. The average Bonchev–Trinajstić information content (AvgIpc) is 2.45. The molecule has 0 spiro atoms. The Kier molecular flexibility index (Phi) is 7.60. The predicted octanol–water partition coefficient (Wildman–Crippen LogP) is 2.17. The third kappa shape index (κ3) is 6.86. The Balaban J connectivity index is 2.26. The van der Waals surface area contributed by atoms with E-state index < -0.39 is 22.7 Å². The fourth-order valence-corrected chi connectivity index (χ4v) is 2.86. The number of amides is 1. The normalized spacial score (nSPS) is 13.4. The number of nitrogens with one attached hydrogen (secondary N) is 1. The van der Waals surface area contributed by atoms with E-state index in [0.29, 0.717) is 12.2 Å². The molecule has 5 nitrogen and oxygen atoms in total. The fraction of sp³-hybridized carbons (Fsp3) is 0.429. The zero-order chi connectivity index (χ0) is 15.8. The number of aliphatic carboxylic acids is 1. The van der Waals surface area contributed by atoms with Gasteiger partial charge in [-0.05, 0) is 30.7 Å². The Labute approximate surface area is 134 Å². The van der Waals surface area contributed by atoms with Crippen LogP contribution >= 0.6 is 15.9 Å². The highest BCUT2D eigenvalue weighted by Crippen LogP contribution is 2.14. The lowest BCUT2D eigenvalue weighted by Crippen LogP contribution is -2.31. The lowest BCUT2D eigenvalue weighted by Gasteiger charge is -2.08. The van der Waals surface area contributed by atoms with Gasteiger partial charge in [-0.1, -0.05) is 22.9 Å². The molecular weight excluding hydrogens is 358 g/mol. The molecule has 2 atom stereocenters. The van der Waals surface area contributed by atoms with Gasteiger partial charge in [0.25, 0.3) is 0 Å². The van der Waals surface area contributed by atoms with Gasteiger partial charge in [-0.3, -0.25) is 13.8 Å². The smallest absolute Gasteiger partial charge is 0.308 e. The van der Waals surface area contributed by atoms with Crippen LogP contribution in [0.25, 0.3) is 0 Å². The van der Waals surface area contributed by atoms with Crippen LogP contribution in [0.3, 0.4) is 0 Å². The van der Waals surface area contributed by atoms with Crippen LogP contribution in [-0.4, -0.2) is 33.5 Å². The molecule has 0 radical (unpaired) electrons. The van der Waals surface area contributed by atoms with E-state index >= 15 is 0 Å². The molecule has 7 heteroatoms. The summed E-state index contributed by atoms with van der Waals surface area (Å²) in [6.07, 6.45) is 0.741. The Bertz CT molecular complexity index is 518. The van der Waals surface area contributed by atoms with Crippen molar-refractivity contribution in [3.05, 3.63) is 28.7 Å². The number of carbonyl (C=O) groups is 2. The molecule has 2 unspecified atom stereocenters. The fourth-order valence-electron chi connectivity index (χ4n) is 1.51. The third-order valence-corrected chi connectivity index (χ3v) is 4.82. The van der Waals surface area contributed by atoms with Gasteiger partial charge < -0.3 is 10.4 Å². The zero-order valence-corrected chi connectivity index (χ0v) is 14.1. The molecule has 0 aliphatic heterocycles. The summed E-state index contributed by atoms with van der Waals surface area (Å²) in [6.45, 7) is 1.65. The van der Waals surface area contributed by atoms with Crippen LogP contribution < -0.4 is 5.32 Å². The van der Waals surface area contributed by atoms with Crippen molar-refractivity contribution in [2.45, 2.75) is 24.7 Å². The summed E-state index contributed by atoms with van der Waals surface area (Å²) in [5.41, 5.74) is 0. The second kappa shape index (κ2) is 8.94. The van der Waals surface area contributed by atoms with E-state index in [0.717, 1.165) is 9.37 Å². The molecule has 0 aromatic heterocycles. The molecule has 1 rings (SSSR count). The van der Waals surface area contributed by atoms with Crippen molar-refractivity contribution in [1.29, 1.82) is 0 Å². The first kappa shape index (κ1) is 17.8. The van der Waals surface area contributed by atoms with Crippen molar-refractivity contribution in [3.8, 4) is 0 Å². The monoisotopic (exact) mass is 375 g/mol. The van der Waals surface area contributed by atoms with E-state index in [9.17, 15) is 13.8 Å². The van der Waals surface area contributed by atoms with Crippen molar-refractivity contribution in [1.82, 2.24) is 5.32 Å². The minimum atomic E-state index is -1.12. The minimum Gasteiger partial charge on any atom is -0.481 e. The molecule has 1 aromatic carbocycles. The van der Waals surface area contributed by atoms with Crippen LogP contribution in [0.2, 0.25) is 0 Å². The first-order chi connectivity index (χ1) is 9.90. The lowest BCUT2D eigenvalue weighted by molar-refractivity contribution is -0.141. The number of halogens is 1. The lowest BCUT2D eigenvalue weighted by atomic mass is 10.2. The van der Waals surface area contributed by atoms with Crippen LogP contribution in [0.15, 0.2) is 33.6 Å². The molecule has 0 aliphatic carbocycles. The van der Waals surface area contributed by atoms with Gasteiger partial charge in [-0.15, -0.1) is 0 Å². The van der Waals surface area contributed by atoms with Gasteiger partial charge in [0.15, 0.2) is 0 Å². The number of carboxylic acids is 1. The first-order valence-electron chi connectivity index (χ1n) is 6.53. The maximum absolute atomic E-state index is 12.0. The Hall–Kier alpha value is -1.21. The van der Waals surface area contributed by atoms with Crippen molar-refractivity contribution in [2.24, 2.45) is 5.92 Å². The number of hydrogen-bond donors (Lipinski definition) is 2. The highest BCUT2D eigenvalue weighted by atomic mass is 79.9. The number of carbonyl (C=O) groups excluding carboxylic acids is 1. The SMILES string of the molecule is CC(CNC(=O)CCCS(=O)c1ccc(Br)cc1)C(=O)O. The first-order valence-corrected chi connectivity index (χ1v) is 8.64. The molecule has 0 saturated carbocycles. The van der Waals surface area contributed by atoms with Crippen molar-refractivity contribution >= 4 is 38.6 Å².